The predicted molar refractivity (Wildman–Crippen MR) is 91.5 cm³/mol. The van der Waals surface area contributed by atoms with Crippen molar-refractivity contribution in [1.29, 1.82) is 0 Å². The summed E-state index contributed by atoms with van der Waals surface area (Å²) in [5, 5.41) is 5.02. The van der Waals surface area contributed by atoms with Gasteiger partial charge in [0.15, 0.2) is 0 Å². The third kappa shape index (κ3) is 3.35. The molecule has 3 aromatic rings. The number of ether oxygens (including phenoxy) is 1. The lowest BCUT2D eigenvalue weighted by atomic mass is 10.1. The van der Waals surface area contributed by atoms with Crippen LogP contribution in [0, 0.1) is 13.8 Å². The quantitative estimate of drug-likeness (QED) is 0.681. The number of hydrogen-bond donors (Lipinski definition) is 0. The molecule has 0 fully saturated rings. The molecule has 0 aliphatic heterocycles. The van der Waals surface area contributed by atoms with E-state index in [1.54, 1.807) is 12.1 Å². The number of carbonyl (C=O) groups excluding carboxylic acids is 1. The molecule has 2 heterocycles. The van der Waals surface area contributed by atoms with Crippen molar-refractivity contribution in [2.45, 2.75) is 33.8 Å². The highest BCUT2D eigenvalue weighted by Crippen LogP contribution is 2.13. The summed E-state index contributed by atoms with van der Waals surface area (Å²) in [7, 11) is 0. The number of aryl methyl sites for hydroxylation is 3. The smallest absolute Gasteiger partial charge is 0.338 e. The first kappa shape index (κ1) is 16.3. The fraction of sp³-hybridized carbons (Fsp3) is 0.294. The highest BCUT2D eigenvalue weighted by Gasteiger charge is 2.12. The Kier molecular flexibility index (Phi) is 4.44. The van der Waals surface area contributed by atoms with Crippen molar-refractivity contribution in [3.8, 4) is 0 Å². The molecule has 0 aliphatic carbocycles. The summed E-state index contributed by atoms with van der Waals surface area (Å²) in [4.78, 5) is 29.1. The van der Waals surface area contributed by atoms with E-state index in [0.717, 1.165) is 22.6 Å². The molecule has 0 unspecified atom stereocenters. The maximum atomic E-state index is 12.2. The Hall–Kier alpha value is -2.54. The predicted octanol–water partition coefficient (Wildman–Crippen LogP) is 2.69. The Morgan fingerprint density at radius 2 is 1.92 bits per heavy atom. The number of aromatic nitrogens is 3. The molecule has 0 N–H and O–H groups in total. The molecule has 6 nitrogen and oxygen atoms in total. The number of carbonyl (C=O) groups is 1. The summed E-state index contributed by atoms with van der Waals surface area (Å²) in [5.74, 6) is -0.428. The molecule has 0 saturated heterocycles. The van der Waals surface area contributed by atoms with E-state index in [9.17, 15) is 9.59 Å². The summed E-state index contributed by atoms with van der Waals surface area (Å²) in [6, 6.07) is 6.89. The van der Waals surface area contributed by atoms with E-state index in [1.165, 1.54) is 21.9 Å². The number of hydrogen-bond acceptors (Lipinski definition) is 6. The molecule has 0 aliphatic rings. The van der Waals surface area contributed by atoms with Crippen LogP contribution in [0.4, 0.5) is 0 Å². The van der Waals surface area contributed by atoms with E-state index >= 15 is 0 Å². The van der Waals surface area contributed by atoms with Gasteiger partial charge in [0.1, 0.15) is 11.6 Å². The van der Waals surface area contributed by atoms with E-state index in [4.69, 9.17) is 4.74 Å². The highest BCUT2D eigenvalue weighted by atomic mass is 32.1. The minimum Gasteiger partial charge on any atom is -0.456 e. The molecular weight excluding hydrogens is 326 g/mol. The fourth-order valence-electron chi connectivity index (χ4n) is 2.43. The minimum atomic E-state index is -0.428. The largest absolute Gasteiger partial charge is 0.456 e. The number of fused-ring (bicyclic) bond motifs is 1. The van der Waals surface area contributed by atoms with E-state index in [0.29, 0.717) is 16.2 Å². The van der Waals surface area contributed by atoms with E-state index in [-0.39, 0.29) is 12.2 Å². The molecule has 0 atom stereocenters. The Balaban J connectivity index is 1.80. The minimum absolute atomic E-state index is 0.0447. The van der Waals surface area contributed by atoms with Gasteiger partial charge in [-0.25, -0.2) is 9.78 Å². The molecule has 0 bridgehead atoms. The topological polar surface area (TPSA) is 73.6 Å². The van der Waals surface area contributed by atoms with Gasteiger partial charge in [0.25, 0.3) is 5.56 Å². The first-order valence-electron chi connectivity index (χ1n) is 7.60. The molecule has 1 aromatic carbocycles. The second-order valence-electron chi connectivity index (χ2n) is 5.58. The average molecular weight is 343 g/mol. The Bertz CT molecular complexity index is 955. The lowest BCUT2D eigenvalue weighted by Crippen LogP contribution is -2.16. The van der Waals surface area contributed by atoms with Gasteiger partial charge in [0.2, 0.25) is 4.96 Å². The van der Waals surface area contributed by atoms with E-state index < -0.39 is 5.97 Å². The number of rotatable bonds is 4. The molecule has 7 heteroatoms. The van der Waals surface area contributed by atoms with Gasteiger partial charge in [-0.15, -0.1) is 0 Å². The van der Waals surface area contributed by atoms with Gasteiger partial charge in [-0.3, -0.25) is 4.79 Å². The second-order valence-corrected chi connectivity index (χ2v) is 6.62. The number of nitrogens with zero attached hydrogens (tertiary/aromatic N) is 3. The first-order valence-corrected chi connectivity index (χ1v) is 8.42. The summed E-state index contributed by atoms with van der Waals surface area (Å²) < 4.78 is 6.57. The van der Waals surface area contributed by atoms with Gasteiger partial charge in [0.05, 0.1) is 11.3 Å². The van der Waals surface area contributed by atoms with Gasteiger partial charge >= 0.3 is 5.97 Å². The molecule has 0 amide bonds. The first-order chi connectivity index (χ1) is 11.5. The Morgan fingerprint density at radius 1 is 1.21 bits per heavy atom. The SMILES string of the molecule is CCc1nn2c(=O)cc(COC(=O)c3cc(C)cc(C)c3)nc2s1. The molecule has 0 saturated carbocycles. The third-order valence-corrected chi connectivity index (χ3v) is 4.50. The van der Waals surface area contributed by atoms with Crippen LogP contribution in [0.25, 0.3) is 4.96 Å². The average Bonchev–Trinajstić information content (AvgIpc) is 2.95. The standard InChI is InChI=1S/C17H17N3O3S/c1-4-14-19-20-15(21)8-13(18-17(20)24-14)9-23-16(22)12-6-10(2)5-11(3)7-12/h5-8H,4,9H2,1-3H3. The van der Waals surface area contributed by atoms with Gasteiger partial charge < -0.3 is 4.74 Å². The van der Waals surface area contributed by atoms with Crippen LogP contribution in [0.15, 0.2) is 29.1 Å². The zero-order valence-electron chi connectivity index (χ0n) is 13.7. The summed E-state index contributed by atoms with van der Waals surface area (Å²) in [5.41, 5.74) is 2.64. The van der Waals surface area contributed by atoms with Crippen LogP contribution in [0.5, 0.6) is 0 Å². The van der Waals surface area contributed by atoms with Crippen LogP contribution < -0.4 is 5.56 Å². The van der Waals surface area contributed by atoms with Crippen LogP contribution in [-0.2, 0) is 17.8 Å². The normalized spacial score (nSPS) is 11.0. The molecule has 0 spiro atoms. The molecule has 3 rings (SSSR count). The molecule has 2 aromatic heterocycles. The summed E-state index contributed by atoms with van der Waals surface area (Å²) >= 11 is 1.36. The van der Waals surface area contributed by atoms with E-state index in [2.05, 4.69) is 10.1 Å². The summed E-state index contributed by atoms with van der Waals surface area (Å²) in [6.45, 7) is 5.77. The van der Waals surface area contributed by atoms with Crippen LogP contribution in [0.1, 0.15) is 39.1 Å². The monoisotopic (exact) mass is 343 g/mol. The molecule has 0 radical (unpaired) electrons. The van der Waals surface area contributed by atoms with Crippen molar-refractivity contribution in [2.75, 3.05) is 0 Å². The van der Waals surface area contributed by atoms with Crippen molar-refractivity contribution in [3.63, 3.8) is 0 Å². The van der Waals surface area contributed by atoms with Gasteiger partial charge in [-0.1, -0.05) is 35.5 Å². The Morgan fingerprint density at radius 3 is 2.58 bits per heavy atom. The van der Waals surface area contributed by atoms with Gasteiger partial charge in [-0.2, -0.15) is 9.61 Å². The third-order valence-electron chi connectivity index (χ3n) is 3.45. The highest BCUT2D eigenvalue weighted by molar-refractivity contribution is 7.16. The van der Waals surface area contributed by atoms with Gasteiger partial charge in [-0.05, 0) is 32.4 Å². The van der Waals surface area contributed by atoms with Crippen LogP contribution in [-0.4, -0.2) is 20.6 Å². The lowest BCUT2D eigenvalue weighted by molar-refractivity contribution is 0.0467. The number of esters is 1. The lowest BCUT2D eigenvalue weighted by Gasteiger charge is -2.06. The van der Waals surface area contributed by atoms with Crippen LogP contribution in [0.2, 0.25) is 0 Å². The van der Waals surface area contributed by atoms with Crippen molar-refractivity contribution in [3.05, 3.63) is 62.0 Å². The Labute approximate surface area is 142 Å². The second kappa shape index (κ2) is 6.52. The van der Waals surface area contributed by atoms with E-state index in [1.807, 2.05) is 26.8 Å². The maximum absolute atomic E-state index is 12.2. The van der Waals surface area contributed by atoms with Crippen molar-refractivity contribution in [2.24, 2.45) is 0 Å². The zero-order chi connectivity index (χ0) is 17.3. The fourth-order valence-corrected chi connectivity index (χ4v) is 3.29. The molecule has 24 heavy (non-hydrogen) atoms. The van der Waals surface area contributed by atoms with Crippen LogP contribution in [0.3, 0.4) is 0 Å². The zero-order valence-corrected chi connectivity index (χ0v) is 14.5. The maximum Gasteiger partial charge on any atom is 0.338 e. The summed E-state index contributed by atoms with van der Waals surface area (Å²) in [6.07, 6.45) is 0.741. The van der Waals surface area contributed by atoms with Gasteiger partial charge in [0, 0.05) is 6.07 Å². The molecular formula is C17H17N3O3S. The van der Waals surface area contributed by atoms with Crippen molar-refractivity contribution in [1.82, 2.24) is 14.6 Å². The van der Waals surface area contributed by atoms with Crippen molar-refractivity contribution >= 4 is 22.3 Å². The van der Waals surface area contributed by atoms with Crippen molar-refractivity contribution < 1.29 is 9.53 Å². The molecule has 124 valence electrons. The van der Waals surface area contributed by atoms with Crippen LogP contribution >= 0.6 is 11.3 Å². The number of benzene rings is 1.